The zero-order valence-corrected chi connectivity index (χ0v) is 14.7. The number of anilines is 3. The molecule has 0 spiro atoms. The molecule has 0 bridgehead atoms. The summed E-state index contributed by atoms with van der Waals surface area (Å²) in [7, 11) is 1.54. The summed E-state index contributed by atoms with van der Waals surface area (Å²) in [6.45, 7) is 3.44. The summed E-state index contributed by atoms with van der Waals surface area (Å²) < 4.78 is 18.3. The van der Waals surface area contributed by atoms with Crippen LogP contribution in [0.5, 0.6) is 5.75 Å². The molecule has 0 radical (unpaired) electrons. The van der Waals surface area contributed by atoms with Gasteiger partial charge < -0.3 is 20.7 Å². The molecule has 1 fully saturated rings. The van der Waals surface area contributed by atoms with Gasteiger partial charge in [-0.1, -0.05) is 0 Å². The molecule has 0 aliphatic carbocycles. The Morgan fingerprint density at radius 1 is 1.15 bits per heavy atom. The van der Waals surface area contributed by atoms with Gasteiger partial charge in [-0.3, -0.25) is 9.69 Å². The van der Waals surface area contributed by atoms with E-state index in [0.29, 0.717) is 23.7 Å². The van der Waals surface area contributed by atoms with Crippen LogP contribution >= 0.6 is 0 Å². The highest BCUT2D eigenvalue weighted by atomic mass is 19.1. The van der Waals surface area contributed by atoms with Crippen molar-refractivity contribution in [1.29, 1.82) is 0 Å². The molecule has 1 aliphatic heterocycles. The standard InChI is InChI=1S/C19H23FN4O2/c1-26-18-12-15(21)4-7-17(18)22-19(25)13-23-8-10-24(11-9-23)16-5-2-14(20)3-6-16/h2-7,12H,8-11,13,21H2,1H3,(H,22,25). The molecular weight excluding hydrogens is 335 g/mol. The first-order valence-electron chi connectivity index (χ1n) is 8.51. The number of hydrogen-bond acceptors (Lipinski definition) is 5. The highest BCUT2D eigenvalue weighted by molar-refractivity contribution is 5.94. The predicted molar refractivity (Wildman–Crippen MR) is 101 cm³/mol. The Bertz CT molecular complexity index is 759. The minimum atomic E-state index is -0.234. The fraction of sp³-hybridized carbons (Fsp3) is 0.316. The molecule has 7 heteroatoms. The Morgan fingerprint density at radius 2 is 1.85 bits per heavy atom. The number of hydrogen-bond donors (Lipinski definition) is 2. The van der Waals surface area contributed by atoms with Gasteiger partial charge in [0.1, 0.15) is 11.6 Å². The van der Waals surface area contributed by atoms with E-state index in [1.807, 2.05) is 0 Å². The largest absolute Gasteiger partial charge is 0.494 e. The lowest BCUT2D eigenvalue weighted by molar-refractivity contribution is -0.117. The smallest absolute Gasteiger partial charge is 0.238 e. The number of benzene rings is 2. The van der Waals surface area contributed by atoms with Crippen molar-refractivity contribution in [3.63, 3.8) is 0 Å². The van der Waals surface area contributed by atoms with Gasteiger partial charge in [-0.05, 0) is 36.4 Å². The molecule has 138 valence electrons. The molecule has 1 saturated heterocycles. The van der Waals surface area contributed by atoms with E-state index in [9.17, 15) is 9.18 Å². The SMILES string of the molecule is COc1cc(N)ccc1NC(=O)CN1CCN(c2ccc(F)cc2)CC1. The lowest BCUT2D eigenvalue weighted by Gasteiger charge is -2.35. The third-order valence-corrected chi connectivity index (χ3v) is 4.43. The summed E-state index contributed by atoms with van der Waals surface area (Å²) in [4.78, 5) is 16.6. The number of nitrogens with two attached hydrogens (primary N) is 1. The predicted octanol–water partition coefficient (Wildman–Crippen LogP) is 2.18. The van der Waals surface area contributed by atoms with E-state index in [2.05, 4.69) is 15.1 Å². The highest BCUT2D eigenvalue weighted by Gasteiger charge is 2.19. The van der Waals surface area contributed by atoms with Gasteiger partial charge in [-0.15, -0.1) is 0 Å². The number of nitrogens with zero attached hydrogens (tertiary/aromatic N) is 2. The minimum Gasteiger partial charge on any atom is -0.494 e. The van der Waals surface area contributed by atoms with Crippen molar-refractivity contribution in [3.05, 3.63) is 48.3 Å². The van der Waals surface area contributed by atoms with E-state index in [-0.39, 0.29) is 11.7 Å². The van der Waals surface area contributed by atoms with Crippen LogP contribution in [0.15, 0.2) is 42.5 Å². The summed E-state index contributed by atoms with van der Waals surface area (Å²) in [5.74, 6) is 0.213. The molecular formula is C19H23FN4O2. The minimum absolute atomic E-state index is 0.0942. The number of ether oxygens (including phenoxy) is 1. The quantitative estimate of drug-likeness (QED) is 0.802. The number of methoxy groups -OCH3 is 1. The summed E-state index contributed by atoms with van der Waals surface area (Å²) in [6.07, 6.45) is 0. The fourth-order valence-corrected chi connectivity index (χ4v) is 3.02. The first kappa shape index (κ1) is 18.0. The van der Waals surface area contributed by atoms with E-state index in [1.54, 1.807) is 37.4 Å². The number of carbonyl (C=O) groups is 1. The molecule has 3 N–H and O–H groups in total. The van der Waals surface area contributed by atoms with Gasteiger partial charge in [-0.2, -0.15) is 0 Å². The summed E-state index contributed by atoms with van der Waals surface area (Å²) in [5, 5.41) is 2.87. The van der Waals surface area contributed by atoms with E-state index < -0.39 is 0 Å². The summed E-state index contributed by atoms with van der Waals surface area (Å²) in [6, 6.07) is 11.6. The van der Waals surface area contributed by atoms with Crippen LogP contribution in [0, 0.1) is 5.82 Å². The maximum absolute atomic E-state index is 13.0. The normalized spacial score (nSPS) is 14.9. The van der Waals surface area contributed by atoms with Gasteiger partial charge in [0, 0.05) is 43.6 Å². The molecule has 0 atom stereocenters. The third kappa shape index (κ3) is 4.43. The van der Waals surface area contributed by atoms with Crippen LogP contribution in [-0.4, -0.2) is 50.6 Å². The van der Waals surface area contributed by atoms with Crippen molar-refractivity contribution in [1.82, 2.24) is 4.90 Å². The van der Waals surface area contributed by atoms with Crippen molar-refractivity contribution >= 4 is 23.0 Å². The number of halogens is 1. The lowest BCUT2D eigenvalue weighted by Crippen LogP contribution is -2.48. The third-order valence-electron chi connectivity index (χ3n) is 4.43. The number of amides is 1. The Kier molecular flexibility index (Phi) is 5.58. The van der Waals surface area contributed by atoms with E-state index >= 15 is 0 Å². The molecule has 0 saturated carbocycles. The van der Waals surface area contributed by atoms with Crippen molar-refractivity contribution in [2.24, 2.45) is 0 Å². The molecule has 2 aromatic rings. The zero-order valence-electron chi connectivity index (χ0n) is 14.7. The van der Waals surface area contributed by atoms with Crippen molar-refractivity contribution in [2.45, 2.75) is 0 Å². The van der Waals surface area contributed by atoms with E-state index in [4.69, 9.17) is 10.5 Å². The zero-order chi connectivity index (χ0) is 18.5. The highest BCUT2D eigenvalue weighted by Crippen LogP contribution is 2.26. The first-order chi connectivity index (χ1) is 12.5. The molecule has 1 heterocycles. The Balaban J connectivity index is 1.51. The average molecular weight is 358 g/mol. The molecule has 6 nitrogen and oxygen atoms in total. The second-order valence-corrected chi connectivity index (χ2v) is 6.25. The van der Waals surface area contributed by atoms with Crippen LogP contribution in [-0.2, 0) is 4.79 Å². The number of nitrogens with one attached hydrogen (secondary N) is 1. The van der Waals surface area contributed by atoms with E-state index in [1.165, 1.54) is 12.1 Å². The summed E-state index contributed by atoms with van der Waals surface area (Å²) >= 11 is 0. The lowest BCUT2D eigenvalue weighted by atomic mass is 10.2. The van der Waals surface area contributed by atoms with Crippen LogP contribution in [0.25, 0.3) is 0 Å². The molecule has 3 rings (SSSR count). The van der Waals surface area contributed by atoms with Gasteiger partial charge in [0.25, 0.3) is 0 Å². The van der Waals surface area contributed by atoms with Gasteiger partial charge in [0.05, 0.1) is 19.3 Å². The van der Waals surface area contributed by atoms with Crippen LogP contribution in [0.1, 0.15) is 0 Å². The Morgan fingerprint density at radius 3 is 2.50 bits per heavy atom. The number of carbonyl (C=O) groups excluding carboxylic acids is 1. The Labute approximate surface area is 152 Å². The number of nitrogen functional groups attached to an aromatic ring is 1. The monoisotopic (exact) mass is 358 g/mol. The van der Waals surface area contributed by atoms with Crippen LogP contribution in [0.2, 0.25) is 0 Å². The van der Waals surface area contributed by atoms with Crippen molar-refractivity contribution in [3.8, 4) is 5.75 Å². The molecule has 2 aromatic carbocycles. The molecule has 0 unspecified atom stereocenters. The topological polar surface area (TPSA) is 70.8 Å². The van der Waals surface area contributed by atoms with Gasteiger partial charge in [0.15, 0.2) is 0 Å². The summed E-state index contributed by atoms with van der Waals surface area (Å²) in [5.41, 5.74) is 7.92. The second kappa shape index (κ2) is 8.05. The maximum Gasteiger partial charge on any atom is 0.238 e. The van der Waals surface area contributed by atoms with E-state index in [0.717, 1.165) is 31.9 Å². The fourth-order valence-electron chi connectivity index (χ4n) is 3.02. The molecule has 26 heavy (non-hydrogen) atoms. The Hall–Kier alpha value is -2.80. The molecule has 0 aromatic heterocycles. The van der Waals surface area contributed by atoms with Gasteiger partial charge in [0.2, 0.25) is 5.91 Å². The van der Waals surface area contributed by atoms with Gasteiger partial charge >= 0.3 is 0 Å². The molecule has 1 amide bonds. The van der Waals surface area contributed by atoms with Crippen LogP contribution in [0.4, 0.5) is 21.5 Å². The second-order valence-electron chi connectivity index (χ2n) is 6.25. The molecule has 1 aliphatic rings. The maximum atomic E-state index is 13.0. The first-order valence-corrected chi connectivity index (χ1v) is 8.51. The number of rotatable bonds is 5. The van der Waals surface area contributed by atoms with Crippen molar-refractivity contribution < 1.29 is 13.9 Å². The van der Waals surface area contributed by atoms with Crippen molar-refractivity contribution in [2.75, 3.05) is 55.8 Å². The van der Waals surface area contributed by atoms with Gasteiger partial charge in [-0.25, -0.2) is 4.39 Å². The van der Waals surface area contributed by atoms with Crippen LogP contribution in [0.3, 0.4) is 0 Å². The van der Waals surface area contributed by atoms with Crippen LogP contribution < -0.4 is 20.7 Å². The average Bonchev–Trinajstić information content (AvgIpc) is 2.64. The number of piperazine rings is 1.